The molecule has 1 aliphatic rings. The number of carbonyl (C=O) groups excluding carboxylic acids is 2. The molecule has 78 valence electrons. The van der Waals surface area contributed by atoms with Gasteiger partial charge in [0, 0.05) is 13.0 Å². The first-order chi connectivity index (χ1) is 7.25. The van der Waals surface area contributed by atoms with E-state index in [1.54, 1.807) is 0 Å². The van der Waals surface area contributed by atoms with Crippen LogP contribution < -0.4 is 5.32 Å². The molecule has 1 N–H and O–H groups in total. The Bertz CT molecular complexity index is 372. The van der Waals surface area contributed by atoms with Gasteiger partial charge in [-0.05, 0) is 5.56 Å². The quantitative estimate of drug-likeness (QED) is 0.748. The Hall–Kier alpha value is -1.48. The third-order valence-electron chi connectivity index (χ3n) is 2.59. The minimum Gasteiger partial charge on any atom is -0.303 e. The second-order valence-corrected chi connectivity index (χ2v) is 3.80. The van der Waals surface area contributed by atoms with Crippen molar-refractivity contribution in [2.24, 2.45) is 0 Å². The summed E-state index contributed by atoms with van der Waals surface area (Å²) in [5.41, 5.74) is 1.13. The van der Waals surface area contributed by atoms with Gasteiger partial charge >= 0.3 is 0 Å². The van der Waals surface area contributed by atoms with E-state index in [0.717, 1.165) is 5.56 Å². The Balaban J connectivity index is 1.89. The van der Waals surface area contributed by atoms with E-state index in [1.165, 1.54) is 0 Å². The number of nitrogens with one attached hydrogen (secondary N) is 1. The molecule has 1 saturated carbocycles. The van der Waals surface area contributed by atoms with Gasteiger partial charge in [0.05, 0.1) is 12.5 Å². The van der Waals surface area contributed by atoms with Crippen LogP contribution in [0.3, 0.4) is 0 Å². The predicted molar refractivity (Wildman–Crippen MR) is 56.3 cm³/mol. The summed E-state index contributed by atoms with van der Waals surface area (Å²) in [7, 11) is 0. The van der Waals surface area contributed by atoms with Gasteiger partial charge < -0.3 is 5.32 Å². The van der Waals surface area contributed by atoms with Crippen molar-refractivity contribution >= 4 is 11.6 Å². The molecule has 1 aromatic rings. The first-order valence-corrected chi connectivity index (χ1v) is 5.07. The Kier molecular flexibility index (Phi) is 2.92. The topological polar surface area (TPSA) is 46.2 Å². The fourth-order valence-corrected chi connectivity index (χ4v) is 1.75. The average Bonchev–Trinajstić information content (AvgIpc) is 2.56. The zero-order valence-corrected chi connectivity index (χ0v) is 8.40. The van der Waals surface area contributed by atoms with E-state index < -0.39 is 0 Å². The van der Waals surface area contributed by atoms with Gasteiger partial charge in [-0.2, -0.15) is 0 Å². The molecule has 3 heteroatoms. The molecule has 0 radical (unpaired) electrons. The van der Waals surface area contributed by atoms with Crippen LogP contribution >= 0.6 is 0 Å². The minimum absolute atomic E-state index is 0.0240. The van der Waals surface area contributed by atoms with E-state index in [9.17, 15) is 9.59 Å². The molecule has 2 rings (SSSR count). The van der Waals surface area contributed by atoms with Gasteiger partial charge in [0.2, 0.25) is 0 Å². The molecule has 0 heterocycles. The van der Waals surface area contributed by atoms with Crippen LogP contribution in [-0.4, -0.2) is 17.6 Å². The predicted octanol–water partition coefficient (Wildman–Crippen LogP) is 1.08. The van der Waals surface area contributed by atoms with Crippen molar-refractivity contribution in [3.8, 4) is 0 Å². The van der Waals surface area contributed by atoms with Gasteiger partial charge in [0.1, 0.15) is 5.78 Å². The normalized spacial score (nSPS) is 20.9. The molecular weight excluding hydrogens is 190 g/mol. The summed E-state index contributed by atoms with van der Waals surface area (Å²) >= 11 is 0. The number of benzene rings is 1. The van der Waals surface area contributed by atoms with Crippen LogP contribution in [0, 0.1) is 0 Å². The largest absolute Gasteiger partial charge is 0.303 e. The lowest BCUT2D eigenvalue weighted by Gasteiger charge is -2.09. The maximum absolute atomic E-state index is 11.3. The van der Waals surface area contributed by atoms with Gasteiger partial charge in [-0.15, -0.1) is 0 Å². The van der Waals surface area contributed by atoms with Gasteiger partial charge in [-0.25, -0.2) is 0 Å². The summed E-state index contributed by atoms with van der Waals surface area (Å²) in [6.45, 7) is 0.643. The van der Waals surface area contributed by atoms with Crippen molar-refractivity contribution in [1.82, 2.24) is 5.32 Å². The average molecular weight is 203 g/mol. The summed E-state index contributed by atoms with van der Waals surface area (Å²) in [6, 6.07) is 9.59. The van der Waals surface area contributed by atoms with E-state index in [-0.39, 0.29) is 24.0 Å². The number of hydrogen-bond donors (Lipinski definition) is 1. The maximum Gasteiger partial charge on any atom is 0.157 e. The first kappa shape index (κ1) is 10.1. The van der Waals surface area contributed by atoms with Crippen molar-refractivity contribution in [2.45, 2.75) is 25.4 Å². The summed E-state index contributed by atoms with van der Waals surface area (Å²) in [6.07, 6.45) is 0.456. The molecule has 0 saturated heterocycles. The van der Waals surface area contributed by atoms with E-state index in [1.807, 2.05) is 30.3 Å². The first-order valence-electron chi connectivity index (χ1n) is 5.07. The minimum atomic E-state index is -0.266. The lowest BCUT2D eigenvalue weighted by Crippen LogP contribution is -2.32. The number of rotatable bonds is 3. The van der Waals surface area contributed by atoms with Crippen LogP contribution in [0.5, 0.6) is 0 Å². The molecule has 1 fully saturated rings. The Labute approximate surface area is 88.5 Å². The second-order valence-electron chi connectivity index (χ2n) is 3.80. The van der Waals surface area contributed by atoms with Crippen LogP contribution in [0.1, 0.15) is 18.4 Å². The van der Waals surface area contributed by atoms with E-state index in [4.69, 9.17) is 0 Å². The zero-order chi connectivity index (χ0) is 10.7. The monoisotopic (exact) mass is 203 g/mol. The summed E-state index contributed by atoms with van der Waals surface area (Å²) in [5, 5.41) is 3.11. The highest BCUT2D eigenvalue weighted by Crippen LogP contribution is 2.11. The van der Waals surface area contributed by atoms with E-state index in [0.29, 0.717) is 13.0 Å². The maximum atomic E-state index is 11.3. The number of Topliss-reactive ketones (excluding diaryl/α,β-unsaturated/α-hetero) is 2. The second kappa shape index (κ2) is 4.36. The van der Waals surface area contributed by atoms with Crippen LogP contribution in [-0.2, 0) is 16.1 Å². The molecule has 0 aromatic heterocycles. The molecule has 1 aromatic carbocycles. The smallest absolute Gasteiger partial charge is 0.157 e. The van der Waals surface area contributed by atoms with Gasteiger partial charge in [-0.1, -0.05) is 30.3 Å². The van der Waals surface area contributed by atoms with E-state index in [2.05, 4.69) is 5.32 Å². The summed E-state index contributed by atoms with van der Waals surface area (Å²) in [5.74, 6) is 0.0708. The lowest BCUT2D eigenvalue weighted by atomic mass is 10.2. The van der Waals surface area contributed by atoms with Gasteiger partial charge in [0.25, 0.3) is 0 Å². The van der Waals surface area contributed by atoms with Crippen molar-refractivity contribution < 1.29 is 9.59 Å². The highest BCUT2D eigenvalue weighted by atomic mass is 16.2. The van der Waals surface area contributed by atoms with Crippen molar-refractivity contribution in [1.29, 1.82) is 0 Å². The highest BCUT2D eigenvalue weighted by molar-refractivity contribution is 6.08. The summed E-state index contributed by atoms with van der Waals surface area (Å²) < 4.78 is 0. The van der Waals surface area contributed by atoms with Crippen molar-refractivity contribution in [2.75, 3.05) is 0 Å². The molecule has 0 spiro atoms. The molecule has 15 heavy (non-hydrogen) atoms. The molecular formula is C12H13NO2. The van der Waals surface area contributed by atoms with Crippen LogP contribution in [0.4, 0.5) is 0 Å². The molecule has 0 amide bonds. The van der Waals surface area contributed by atoms with Gasteiger partial charge in [-0.3, -0.25) is 9.59 Å². The van der Waals surface area contributed by atoms with Crippen LogP contribution in [0.2, 0.25) is 0 Å². The SMILES string of the molecule is O=C1CC(=O)C(NCc2ccccc2)C1. The van der Waals surface area contributed by atoms with Crippen LogP contribution in [0.25, 0.3) is 0 Å². The lowest BCUT2D eigenvalue weighted by molar-refractivity contribution is -0.122. The van der Waals surface area contributed by atoms with Crippen LogP contribution in [0.15, 0.2) is 30.3 Å². The standard InChI is InChI=1S/C12H13NO2/c14-10-6-11(12(15)7-10)13-8-9-4-2-1-3-5-9/h1-5,11,13H,6-8H2. The fraction of sp³-hybridized carbons (Fsp3) is 0.333. The van der Waals surface area contributed by atoms with Crippen molar-refractivity contribution in [3.05, 3.63) is 35.9 Å². The fourth-order valence-electron chi connectivity index (χ4n) is 1.75. The molecule has 0 aliphatic heterocycles. The number of carbonyl (C=O) groups is 2. The Morgan fingerprint density at radius 3 is 2.53 bits per heavy atom. The number of hydrogen-bond acceptors (Lipinski definition) is 3. The number of ketones is 2. The molecule has 1 unspecified atom stereocenters. The van der Waals surface area contributed by atoms with E-state index >= 15 is 0 Å². The molecule has 0 bridgehead atoms. The molecule has 1 aliphatic carbocycles. The molecule has 1 atom stereocenters. The zero-order valence-electron chi connectivity index (χ0n) is 8.40. The van der Waals surface area contributed by atoms with Crippen molar-refractivity contribution in [3.63, 3.8) is 0 Å². The summed E-state index contributed by atoms with van der Waals surface area (Å²) in [4.78, 5) is 22.3. The molecule has 3 nitrogen and oxygen atoms in total. The highest BCUT2D eigenvalue weighted by Gasteiger charge is 2.29. The third-order valence-corrected chi connectivity index (χ3v) is 2.59. The Morgan fingerprint density at radius 1 is 1.20 bits per heavy atom. The van der Waals surface area contributed by atoms with Gasteiger partial charge in [0.15, 0.2) is 5.78 Å². The third kappa shape index (κ3) is 2.50. The Morgan fingerprint density at radius 2 is 1.93 bits per heavy atom.